The number of hydrogen-bond acceptors (Lipinski definition) is 2. The molecule has 0 aromatic heterocycles. The minimum Gasteiger partial charge on any atom is -0.192 e. The van der Waals surface area contributed by atoms with E-state index in [4.69, 9.17) is 10.5 Å². The van der Waals surface area contributed by atoms with E-state index in [2.05, 4.69) is 12.1 Å². The average Bonchev–Trinajstić information content (AvgIpc) is 2.16. The van der Waals surface area contributed by atoms with Crippen LogP contribution in [-0.4, -0.2) is 31.4 Å². The number of rotatable bonds is 0. The summed E-state index contributed by atoms with van der Waals surface area (Å²) < 4.78 is 0. The van der Waals surface area contributed by atoms with Gasteiger partial charge in [0, 0.05) is 11.1 Å². The molecule has 1 rings (SSSR count). The summed E-state index contributed by atoms with van der Waals surface area (Å²) >= 11 is 0. The summed E-state index contributed by atoms with van der Waals surface area (Å²) in [6.45, 7) is 0. The van der Waals surface area contributed by atoms with Crippen molar-refractivity contribution in [3.8, 4) is 12.1 Å². The van der Waals surface area contributed by atoms with E-state index in [0.29, 0.717) is 11.1 Å². The molecule has 2 nitrogen and oxygen atoms in total. The van der Waals surface area contributed by atoms with Crippen LogP contribution in [-0.2, 0) is 0 Å². The first-order valence-corrected chi connectivity index (χ1v) is 4.45. The predicted octanol–water partition coefficient (Wildman–Crippen LogP) is -5.54. The van der Waals surface area contributed by atoms with Crippen LogP contribution in [0.3, 0.4) is 0 Å². The maximum absolute atomic E-state index is 8.98. The largest absolute Gasteiger partial charge is 0.192 e. The van der Waals surface area contributed by atoms with Crippen molar-refractivity contribution in [2.24, 2.45) is 0 Å². The van der Waals surface area contributed by atoms with Gasteiger partial charge in [-0.2, -0.15) is 10.5 Å². The lowest BCUT2D eigenvalue weighted by atomic mass is 9.64. The summed E-state index contributed by atoms with van der Waals surface area (Å²) in [7, 11) is 7.63. The van der Waals surface area contributed by atoms with Crippen molar-refractivity contribution >= 4 is 53.2 Å². The van der Waals surface area contributed by atoms with Crippen LogP contribution in [0.4, 0.5) is 0 Å². The van der Waals surface area contributed by atoms with Crippen LogP contribution in [0, 0.1) is 22.7 Å². The maximum atomic E-state index is 8.98. The Morgan fingerprint density at radius 3 is 1.29 bits per heavy atom. The molecule has 0 amide bonds. The minimum atomic E-state index is 0.643. The van der Waals surface area contributed by atoms with Crippen molar-refractivity contribution in [2.75, 3.05) is 0 Å². The third-order valence-corrected chi connectivity index (χ3v) is 2.85. The summed E-state index contributed by atoms with van der Waals surface area (Å²) in [4.78, 5) is 0. The van der Waals surface area contributed by atoms with Crippen molar-refractivity contribution in [1.82, 2.24) is 0 Å². The first kappa shape index (κ1) is 10.5. The fourth-order valence-electron chi connectivity index (χ4n) is 1.68. The topological polar surface area (TPSA) is 47.6 Å². The first-order chi connectivity index (χ1) is 6.54. The molecule has 0 spiro atoms. The Bertz CT molecular complexity index is 441. The SMILES string of the molecule is Bc1c(B)c(C#N)c(B)c(C#N)c1B. The molecule has 0 heterocycles. The summed E-state index contributed by atoms with van der Waals surface area (Å²) in [6, 6.07) is 4.31. The molecule has 0 N–H and O–H groups in total. The van der Waals surface area contributed by atoms with Gasteiger partial charge < -0.3 is 0 Å². The lowest BCUT2D eigenvalue weighted by Gasteiger charge is -2.13. The Balaban J connectivity index is 3.78. The van der Waals surface area contributed by atoms with Crippen molar-refractivity contribution in [1.29, 1.82) is 10.5 Å². The molecule has 0 unspecified atom stereocenters. The van der Waals surface area contributed by atoms with Crippen LogP contribution < -0.4 is 21.9 Å². The monoisotopic (exact) mass is 176 g/mol. The zero-order chi connectivity index (χ0) is 10.9. The molecule has 0 radical (unpaired) electrons. The molecule has 0 aliphatic rings. The zero-order valence-electron chi connectivity index (χ0n) is 8.89. The normalized spacial score (nSPS) is 9.00. The molecule has 1 aromatic carbocycles. The van der Waals surface area contributed by atoms with Gasteiger partial charge in [-0.15, -0.1) is 0 Å². The van der Waals surface area contributed by atoms with E-state index < -0.39 is 0 Å². The summed E-state index contributed by atoms with van der Waals surface area (Å²) in [5.41, 5.74) is 5.11. The molecule has 0 saturated carbocycles. The third kappa shape index (κ3) is 1.34. The fourth-order valence-corrected chi connectivity index (χ4v) is 1.68. The second kappa shape index (κ2) is 3.68. The van der Waals surface area contributed by atoms with Gasteiger partial charge in [0.2, 0.25) is 0 Å². The molecular weight excluding hydrogens is 167 g/mol. The van der Waals surface area contributed by atoms with Gasteiger partial charge in [0.15, 0.2) is 0 Å². The second-order valence-electron chi connectivity index (χ2n) is 3.47. The number of benzene rings is 1. The highest BCUT2D eigenvalue weighted by atomic mass is 14.3. The summed E-state index contributed by atoms with van der Waals surface area (Å²) in [6.07, 6.45) is 0. The van der Waals surface area contributed by atoms with E-state index in [1.807, 2.05) is 31.4 Å². The van der Waals surface area contributed by atoms with Crippen LogP contribution in [0.5, 0.6) is 0 Å². The van der Waals surface area contributed by atoms with Gasteiger partial charge in [-0.25, -0.2) is 0 Å². The van der Waals surface area contributed by atoms with Gasteiger partial charge in [0.05, 0.1) is 12.1 Å². The molecule has 0 saturated heterocycles. The zero-order valence-corrected chi connectivity index (χ0v) is 8.89. The summed E-state index contributed by atoms with van der Waals surface area (Å²) in [5.74, 6) is 0. The summed E-state index contributed by atoms with van der Waals surface area (Å²) in [5, 5.41) is 18.0. The minimum absolute atomic E-state index is 0.643. The highest BCUT2D eigenvalue weighted by molar-refractivity contribution is 6.60. The van der Waals surface area contributed by atoms with E-state index in [9.17, 15) is 0 Å². The van der Waals surface area contributed by atoms with E-state index in [0.717, 1.165) is 21.9 Å². The van der Waals surface area contributed by atoms with Crippen LogP contribution in [0.2, 0.25) is 0 Å². The molecular formula is C8H8B4N2. The van der Waals surface area contributed by atoms with Gasteiger partial charge in [-0.05, 0) is 0 Å². The van der Waals surface area contributed by atoms with E-state index in [1.165, 1.54) is 0 Å². The van der Waals surface area contributed by atoms with E-state index in [1.54, 1.807) is 0 Å². The van der Waals surface area contributed by atoms with E-state index >= 15 is 0 Å². The van der Waals surface area contributed by atoms with Crippen LogP contribution in [0.15, 0.2) is 0 Å². The van der Waals surface area contributed by atoms with Crippen molar-refractivity contribution < 1.29 is 0 Å². The molecule has 14 heavy (non-hydrogen) atoms. The lowest BCUT2D eigenvalue weighted by molar-refractivity contribution is 1.50. The van der Waals surface area contributed by atoms with Gasteiger partial charge >= 0.3 is 0 Å². The first-order valence-electron chi connectivity index (χ1n) is 4.45. The molecule has 1 aromatic rings. The molecule has 0 atom stereocenters. The Morgan fingerprint density at radius 2 is 1.00 bits per heavy atom. The molecule has 0 bridgehead atoms. The van der Waals surface area contributed by atoms with Gasteiger partial charge in [-0.3, -0.25) is 0 Å². The lowest BCUT2D eigenvalue weighted by Crippen LogP contribution is -2.47. The number of hydrogen-bond donors (Lipinski definition) is 0. The van der Waals surface area contributed by atoms with Gasteiger partial charge in [-0.1, -0.05) is 21.9 Å². The fraction of sp³-hybridized carbons (Fsp3) is 0. The van der Waals surface area contributed by atoms with Crippen LogP contribution >= 0.6 is 0 Å². The Hall–Kier alpha value is -1.54. The molecule has 0 aliphatic carbocycles. The standard InChI is InChI=1S/C8H8B4N2/c9-5-3(1-13)6(10)8(12)7(11)4(5)2-14/h9-12H2. The maximum Gasteiger partial charge on any atom is 0.142 e. The highest BCUT2D eigenvalue weighted by Crippen LogP contribution is 1.90. The average molecular weight is 175 g/mol. The Labute approximate surface area is 87.6 Å². The Kier molecular flexibility index (Phi) is 2.77. The van der Waals surface area contributed by atoms with Crippen LogP contribution in [0.1, 0.15) is 11.1 Å². The third-order valence-electron chi connectivity index (χ3n) is 2.85. The van der Waals surface area contributed by atoms with Gasteiger partial charge in [0.1, 0.15) is 31.4 Å². The van der Waals surface area contributed by atoms with Crippen molar-refractivity contribution in [2.45, 2.75) is 0 Å². The second-order valence-corrected chi connectivity index (χ2v) is 3.47. The molecule has 62 valence electrons. The predicted molar refractivity (Wildman–Crippen MR) is 68.6 cm³/mol. The molecule has 0 aliphatic heterocycles. The molecule has 0 fully saturated rings. The number of nitrogens with zero attached hydrogens (tertiary/aromatic N) is 2. The quantitative estimate of drug-likeness (QED) is 0.369. The van der Waals surface area contributed by atoms with E-state index in [-0.39, 0.29) is 0 Å². The van der Waals surface area contributed by atoms with Gasteiger partial charge in [0.25, 0.3) is 0 Å². The van der Waals surface area contributed by atoms with Crippen molar-refractivity contribution in [3.63, 3.8) is 0 Å². The Morgan fingerprint density at radius 1 is 0.643 bits per heavy atom. The van der Waals surface area contributed by atoms with Crippen molar-refractivity contribution in [3.05, 3.63) is 11.1 Å². The smallest absolute Gasteiger partial charge is 0.142 e. The highest BCUT2D eigenvalue weighted by Gasteiger charge is 2.12. The van der Waals surface area contributed by atoms with Crippen LogP contribution in [0.25, 0.3) is 0 Å². The number of nitriles is 2. The molecule has 6 heteroatoms.